The maximum Gasteiger partial charge on any atom is 0.214 e. The van der Waals surface area contributed by atoms with Crippen LogP contribution < -0.4 is 10.1 Å². The molecule has 0 aliphatic heterocycles. The smallest absolute Gasteiger partial charge is 0.214 e. The first-order chi connectivity index (χ1) is 8.38. The zero-order chi connectivity index (χ0) is 11.9. The maximum absolute atomic E-state index is 5.05. The predicted molar refractivity (Wildman–Crippen MR) is 66.1 cm³/mol. The van der Waals surface area contributed by atoms with Gasteiger partial charge in [0.25, 0.3) is 0 Å². The second-order valence-electron chi connectivity index (χ2n) is 3.61. The van der Waals surface area contributed by atoms with Gasteiger partial charge in [-0.2, -0.15) is 10.1 Å². The lowest BCUT2D eigenvalue weighted by Crippen LogP contribution is -2.08. The van der Waals surface area contributed by atoms with Gasteiger partial charge in [-0.25, -0.2) is 0 Å². The second kappa shape index (κ2) is 5.89. The molecule has 5 heteroatoms. The number of aryl methyl sites for hydroxylation is 1. The van der Waals surface area contributed by atoms with Gasteiger partial charge in [0.1, 0.15) is 5.82 Å². The van der Waals surface area contributed by atoms with E-state index in [4.69, 9.17) is 4.74 Å². The van der Waals surface area contributed by atoms with Crippen LogP contribution in [0.25, 0.3) is 0 Å². The topological polar surface area (TPSA) is 52.0 Å². The highest BCUT2D eigenvalue weighted by Gasteiger charge is 1.96. The summed E-state index contributed by atoms with van der Waals surface area (Å²) in [6.45, 7) is 1.77. The van der Waals surface area contributed by atoms with Crippen LogP contribution in [0, 0.1) is 0 Å². The van der Waals surface area contributed by atoms with Crippen molar-refractivity contribution in [2.24, 2.45) is 0 Å². The quantitative estimate of drug-likeness (QED) is 0.771. The second-order valence-corrected chi connectivity index (χ2v) is 3.61. The Morgan fingerprint density at radius 1 is 1.35 bits per heavy atom. The molecule has 0 atom stereocenters. The molecule has 0 saturated heterocycles. The van der Waals surface area contributed by atoms with E-state index in [1.54, 1.807) is 13.3 Å². The molecule has 0 aliphatic carbocycles. The van der Waals surface area contributed by atoms with E-state index >= 15 is 0 Å². The van der Waals surface area contributed by atoms with Crippen molar-refractivity contribution in [3.63, 3.8) is 0 Å². The van der Waals surface area contributed by atoms with Crippen molar-refractivity contribution >= 4 is 5.82 Å². The van der Waals surface area contributed by atoms with Crippen molar-refractivity contribution < 1.29 is 4.74 Å². The van der Waals surface area contributed by atoms with Crippen molar-refractivity contribution in [3.05, 3.63) is 36.7 Å². The molecule has 1 N–H and O–H groups in total. The molecule has 0 amide bonds. The summed E-state index contributed by atoms with van der Waals surface area (Å²) >= 11 is 0. The van der Waals surface area contributed by atoms with E-state index in [9.17, 15) is 0 Å². The number of ether oxygens (including phenoxy) is 1. The van der Waals surface area contributed by atoms with Gasteiger partial charge in [-0.3, -0.25) is 4.68 Å². The van der Waals surface area contributed by atoms with Crippen LogP contribution in [0.3, 0.4) is 0 Å². The number of pyridine rings is 1. The average Bonchev–Trinajstić information content (AvgIpc) is 2.88. The van der Waals surface area contributed by atoms with Crippen molar-refractivity contribution in [1.82, 2.24) is 14.8 Å². The fourth-order valence-corrected chi connectivity index (χ4v) is 1.52. The van der Waals surface area contributed by atoms with E-state index in [1.807, 2.05) is 35.1 Å². The predicted octanol–water partition coefficient (Wildman–Crippen LogP) is 1.79. The number of nitrogens with zero attached hydrogens (tertiary/aromatic N) is 3. The highest BCUT2D eigenvalue weighted by molar-refractivity contribution is 5.36. The molecule has 2 heterocycles. The lowest BCUT2D eigenvalue weighted by Gasteiger charge is -2.06. The van der Waals surface area contributed by atoms with Gasteiger partial charge >= 0.3 is 0 Å². The van der Waals surface area contributed by atoms with Crippen LogP contribution >= 0.6 is 0 Å². The van der Waals surface area contributed by atoms with Crippen LogP contribution in [0.1, 0.15) is 6.42 Å². The molecule has 0 unspecified atom stereocenters. The van der Waals surface area contributed by atoms with Gasteiger partial charge in [0, 0.05) is 31.5 Å². The Morgan fingerprint density at radius 2 is 2.29 bits per heavy atom. The van der Waals surface area contributed by atoms with Gasteiger partial charge in [-0.15, -0.1) is 0 Å². The number of rotatable bonds is 6. The Morgan fingerprint density at radius 3 is 3.06 bits per heavy atom. The minimum absolute atomic E-state index is 0.627. The first kappa shape index (κ1) is 11.4. The summed E-state index contributed by atoms with van der Waals surface area (Å²) < 4.78 is 6.97. The van der Waals surface area contributed by atoms with Crippen molar-refractivity contribution in [1.29, 1.82) is 0 Å². The van der Waals surface area contributed by atoms with Crippen molar-refractivity contribution in [3.8, 4) is 5.88 Å². The van der Waals surface area contributed by atoms with Crippen LogP contribution in [0.15, 0.2) is 36.7 Å². The first-order valence-corrected chi connectivity index (χ1v) is 5.61. The molecule has 0 bridgehead atoms. The molecular formula is C12H16N4O. The molecular weight excluding hydrogens is 216 g/mol. The fraction of sp³-hybridized carbons (Fsp3) is 0.333. The molecule has 0 saturated carbocycles. The third kappa shape index (κ3) is 3.48. The van der Waals surface area contributed by atoms with E-state index in [0.717, 1.165) is 25.3 Å². The summed E-state index contributed by atoms with van der Waals surface area (Å²) in [6, 6.07) is 7.60. The van der Waals surface area contributed by atoms with Gasteiger partial charge in [0.05, 0.1) is 7.11 Å². The highest BCUT2D eigenvalue weighted by Crippen LogP contribution is 2.10. The van der Waals surface area contributed by atoms with Gasteiger partial charge in [-0.1, -0.05) is 6.07 Å². The maximum atomic E-state index is 5.05. The molecule has 0 aromatic carbocycles. The van der Waals surface area contributed by atoms with Crippen molar-refractivity contribution in [2.75, 3.05) is 19.0 Å². The highest BCUT2D eigenvalue weighted by atomic mass is 16.5. The molecule has 0 radical (unpaired) electrons. The average molecular weight is 232 g/mol. The number of anilines is 1. The Balaban J connectivity index is 1.74. The van der Waals surface area contributed by atoms with Crippen LogP contribution in [-0.2, 0) is 6.54 Å². The van der Waals surface area contributed by atoms with E-state index < -0.39 is 0 Å². The van der Waals surface area contributed by atoms with Gasteiger partial charge in [0.15, 0.2) is 0 Å². The van der Waals surface area contributed by atoms with Gasteiger partial charge < -0.3 is 10.1 Å². The Bertz CT molecular complexity index is 442. The van der Waals surface area contributed by atoms with Crippen LogP contribution in [0.5, 0.6) is 5.88 Å². The Hall–Kier alpha value is -2.04. The van der Waals surface area contributed by atoms with E-state index in [0.29, 0.717) is 5.88 Å². The van der Waals surface area contributed by atoms with Gasteiger partial charge in [0.2, 0.25) is 5.88 Å². The molecule has 17 heavy (non-hydrogen) atoms. The van der Waals surface area contributed by atoms with Crippen LogP contribution in [-0.4, -0.2) is 28.4 Å². The molecule has 2 aromatic heterocycles. The molecule has 90 valence electrons. The lowest BCUT2D eigenvalue weighted by molar-refractivity contribution is 0.398. The number of aromatic nitrogens is 3. The largest absolute Gasteiger partial charge is 0.481 e. The number of hydrogen-bond donors (Lipinski definition) is 1. The van der Waals surface area contributed by atoms with E-state index in [2.05, 4.69) is 15.4 Å². The molecule has 2 rings (SSSR count). The van der Waals surface area contributed by atoms with E-state index in [-0.39, 0.29) is 0 Å². The Labute approximate surface area is 100 Å². The normalized spacial score (nSPS) is 10.2. The summed E-state index contributed by atoms with van der Waals surface area (Å²) in [4.78, 5) is 4.27. The minimum Gasteiger partial charge on any atom is -0.481 e. The molecule has 2 aromatic rings. The molecule has 0 aliphatic rings. The Kier molecular flexibility index (Phi) is 3.96. The summed E-state index contributed by atoms with van der Waals surface area (Å²) in [7, 11) is 1.61. The number of methoxy groups -OCH3 is 1. The molecule has 0 fully saturated rings. The van der Waals surface area contributed by atoms with Crippen LogP contribution in [0.4, 0.5) is 5.82 Å². The SMILES string of the molecule is COc1cccc(NCCCn2cccn2)n1. The third-order valence-corrected chi connectivity index (χ3v) is 2.36. The lowest BCUT2D eigenvalue weighted by atomic mass is 10.4. The number of nitrogens with one attached hydrogen (secondary N) is 1. The molecule has 0 spiro atoms. The fourth-order valence-electron chi connectivity index (χ4n) is 1.52. The molecule has 5 nitrogen and oxygen atoms in total. The summed E-state index contributed by atoms with van der Waals surface area (Å²) in [5.41, 5.74) is 0. The standard InChI is InChI=1S/C12H16N4O/c1-17-12-6-2-5-11(15-12)13-7-3-9-16-10-4-8-14-16/h2,4-6,8,10H,3,7,9H2,1H3,(H,13,15). The zero-order valence-corrected chi connectivity index (χ0v) is 9.84. The monoisotopic (exact) mass is 232 g/mol. The minimum atomic E-state index is 0.627. The van der Waals surface area contributed by atoms with Gasteiger partial charge in [-0.05, 0) is 18.6 Å². The summed E-state index contributed by atoms with van der Waals surface area (Å²) in [6.07, 6.45) is 4.75. The van der Waals surface area contributed by atoms with Crippen LogP contribution in [0.2, 0.25) is 0 Å². The summed E-state index contributed by atoms with van der Waals surface area (Å²) in [5, 5.41) is 7.39. The van der Waals surface area contributed by atoms with E-state index in [1.165, 1.54) is 0 Å². The first-order valence-electron chi connectivity index (χ1n) is 5.61. The van der Waals surface area contributed by atoms with Crippen molar-refractivity contribution in [2.45, 2.75) is 13.0 Å². The summed E-state index contributed by atoms with van der Waals surface area (Å²) in [5.74, 6) is 1.46. The number of hydrogen-bond acceptors (Lipinski definition) is 4. The zero-order valence-electron chi connectivity index (χ0n) is 9.84. The third-order valence-electron chi connectivity index (χ3n) is 2.36.